The van der Waals surface area contributed by atoms with E-state index in [9.17, 15) is 9.59 Å². The first kappa shape index (κ1) is 20.1. The Morgan fingerprint density at radius 1 is 1.04 bits per heavy atom. The molecule has 0 unspecified atom stereocenters. The third-order valence-corrected chi connectivity index (χ3v) is 5.38. The quantitative estimate of drug-likeness (QED) is 0.746. The number of benzene rings is 2. The van der Waals surface area contributed by atoms with E-state index >= 15 is 0 Å². The van der Waals surface area contributed by atoms with Crippen LogP contribution < -0.4 is 16.0 Å². The number of carbonyl (C=O) groups excluding carboxylic acids is 2. The summed E-state index contributed by atoms with van der Waals surface area (Å²) < 4.78 is 0. The van der Waals surface area contributed by atoms with Crippen molar-refractivity contribution in [3.63, 3.8) is 0 Å². The number of hydrogen-bond donors (Lipinski definition) is 3. The molecule has 5 nitrogen and oxygen atoms in total. The second-order valence-electron chi connectivity index (χ2n) is 7.81. The van der Waals surface area contributed by atoms with E-state index in [4.69, 9.17) is 0 Å². The van der Waals surface area contributed by atoms with E-state index in [1.807, 2.05) is 63.2 Å². The number of rotatable bonds is 5. The Bertz CT molecular complexity index is 840. The van der Waals surface area contributed by atoms with Gasteiger partial charge >= 0.3 is 0 Å². The van der Waals surface area contributed by atoms with Gasteiger partial charge in [0, 0.05) is 17.3 Å². The fraction of sp³-hybridized carbons (Fsp3) is 0.391. The first-order valence-corrected chi connectivity index (χ1v) is 9.91. The molecule has 3 N–H and O–H groups in total. The molecule has 2 aromatic carbocycles. The van der Waals surface area contributed by atoms with Crippen LogP contribution in [0, 0.1) is 6.92 Å². The van der Waals surface area contributed by atoms with Gasteiger partial charge in [0.25, 0.3) is 5.91 Å². The Morgan fingerprint density at radius 3 is 2.36 bits per heavy atom. The Labute approximate surface area is 166 Å². The highest BCUT2D eigenvalue weighted by Crippen LogP contribution is 2.35. The zero-order valence-electron chi connectivity index (χ0n) is 16.8. The van der Waals surface area contributed by atoms with Crippen LogP contribution in [-0.2, 0) is 10.2 Å². The van der Waals surface area contributed by atoms with Gasteiger partial charge in [0.1, 0.15) is 0 Å². The van der Waals surface area contributed by atoms with Gasteiger partial charge in [0.05, 0.1) is 5.41 Å². The molecule has 0 radical (unpaired) electrons. The summed E-state index contributed by atoms with van der Waals surface area (Å²) in [6, 6.07) is 15.5. The zero-order chi connectivity index (χ0) is 20.1. The number of anilines is 1. The van der Waals surface area contributed by atoms with Crippen LogP contribution in [0.4, 0.5) is 5.69 Å². The summed E-state index contributed by atoms with van der Waals surface area (Å²) in [6.45, 7) is 7.37. The van der Waals surface area contributed by atoms with Gasteiger partial charge in [0.15, 0.2) is 0 Å². The second kappa shape index (κ2) is 8.57. The Morgan fingerprint density at radius 2 is 1.71 bits per heavy atom. The van der Waals surface area contributed by atoms with Gasteiger partial charge in [-0.1, -0.05) is 36.4 Å². The van der Waals surface area contributed by atoms with Crippen molar-refractivity contribution in [2.45, 2.75) is 45.1 Å². The van der Waals surface area contributed by atoms with E-state index in [1.54, 1.807) is 6.07 Å². The molecule has 0 saturated carbocycles. The highest BCUT2D eigenvalue weighted by molar-refractivity contribution is 6.01. The smallest absolute Gasteiger partial charge is 0.251 e. The number of hydrogen-bond acceptors (Lipinski definition) is 3. The minimum atomic E-state index is -0.558. The minimum absolute atomic E-state index is 0.0146. The monoisotopic (exact) mass is 379 g/mol. The SMILES string of the molecule is Cc1ccc(NC(=O)C2(c3ccccc3)CCNCC2)cc1C(=O)NC(C)C. The van der Waals surface area contributed by atoms with Gasteiger partial charge in [0.2, 0.25) is 5.91 Å². The van der Waals surface area contributed by atoms with Gasteiger partial charge in [-0.15, -0.1) is 0 Å². The molecule has 0 aromatic heterocycles. The molecule has 2 aromatic rings. The highest BCUT2D eigenvalue weighted by atomic mass is 16.2. The summed E-state index contributed by atoms with van der Waals surface area (Å²) in [6.07, 6.45) is 1.49. The van der Waals surface area contributed by atoms with Crippen LogP contribution in [-0.4, -0.2) is 30.9 Å². The number of nitrogens with one attached hydrogen (secondary N) is 3. The maximum absolute atomic E-state index is 13.4. The molecule has 1 saturated heterocycles. The lowest BCUT2D eigenvalue weighted by Gasteiger charge is -2.36. The highest BCUT2D eigenvalue weighted by Gasteiger charge is 2.41. The van der Waals surface area contributed by atoms with Crippen molar-refractivity contribution < 1.29 is 9.59 Å². The second-order valence-corrected chi connectivity index (χ2v) is 7.81. The minimum Gasteiger partial charge on any atom is -0.350 e. The van der Waals surface area contributed by atoms with Crippen LogP contribution in [0.5, 0.6) is 0 Å². The van der Waals surface area contributed by atoms with Crippen molar-refractivity contribution in [2.75, 3.05) is 18.4 Å². The first-order chi connectivity index (χ1) is 13.4. The number of aryl methyl sites for hydroxylation is 1. The average Bonchev–Trinajstić information content (AvgIpc) is 2.70. The van der Waals surface area contributed by atoms with Crippen LogP contribution in [0.25, 0.3) is 0 Å². The predicted molar refractivity (Wildman–Crippen MR) is 113 cm³/mol. The summed E-state index contributed by atoms with van der Waals surface area (Å²) >= 11 is 0. The van der Waals surface area contributed by atoms with Crippen molar-refractivity contribution in [1.82, 2.24) is 10.6 Å². The molecule has 1 heterocycles. The van der Waals surface area contributed by atoms with Crippen molar-refractivity contribution in [3.8, 4) is 0 Å². The largest absolute Gasteiger partial charge is 0.350 e. The van der Waals surface area contributed by atoms with Crippen LogP contribution in [0.1, 0.15) is 48.2 Å². The molecule has 148 valence electrons. The summed E-state index contributed by atoms with van der Waals surface area (Å²) in [5, 5.41) is 9.34. The molecule has 0 bridgehead atoms. The van der Waals surface area contributed by atoms with Crippen LogP contribution >= 0.6 is 0 Å². The molecule has 3 rings (SSSR count). The van der Waals surface area contributed by atoms with E-state index in [-0.39, 0.29) is 17.9 Å². The maximum Gasteiger partial charge on any atom is 0.251 e. The fourth-order valence-corrected chi connectivity index (χ4v) is 3.79. The van der Waals surface area contributed by atoms with Crippen LogP contribution in [0.15, 0.2) is 48.5 Å². The van der Waals surface area contributed by atoms with Crippen molar-refractivity contribution in [3.05, 3.63) is 65.2 Å². The van der Waals surface area contributed by atoms with Crippen LogP contribution in [0.2, 0.25) is 0 Å². The summed E-state index contributed by atoms with van der Waals surface area (Å²) in [5.74, 6) is -0.137. The average molecular weight is 380 g/mol. The Balaban J connectivity index is 1.87. The van der Waals surface area contributed by atoms with Gasteiger partial charge in [-0.25, -0.2) is 0 Å². The maximum atomic E-state index is 13.4. The third-order valence-electron chi connectivity index (χ3n) is 5.38. The van der Waals surface area contributed by atoms with Crippen molar-refractivity contribution in [1.29, 1.82) is 0 Å². The van der Waals surface area contributed by atoms with E-state index in [2.05, 4.69) is 16.0 Å². The molecule has 5 heteroatoms. The molecule has 1 aliphatic heterocycles. The molecular weight excluding hydrogens is 350 g/mol. The van der Waals surface area contributed by atoms with Crippen LogP contribution in [0.3, 0.4) is 0 Å². The van der Waals surface area contributed by atoms with Crippen molar-refractivity contribution in [2.24, 2.45) is 0 Å². The topological polar surface area (TPSA) is 70.2 Å². The summed E-state index contributed by atoms with van der Waals surface area (Å²) in [4.78, 5) is 25.9. The van der Waals surface area contributed by atoms with Gasteiger partial charge in [-0.05, 0) is 70.0 Å². The number of carbonyl (C=O) groups is 2. The standard InChI is InChI=1S/C23H29N3O2/c1-16(2)25-21(27)20-15-19(10-9-17(20)3)26-22(28)23(11-13-24-14-12-23)18-7-5-4-6-8-18/h4-10,15-16,24H,11-14H2,1-3H3,(H,25,27)(H,26,28). The van der Waals surface area contributed by atoms with Gasteiger partial charge in [-0.3, -0.25) is 9.59 Å². The van der Waals surface area contributed by atoms with Crippen molar-refractivity contribution >= 4 is 17.5 Å². The van der Waals surface area contributed by atoms with E-state index in [0.717, 1.165) is 37.1 Å². The Hall–Kier alpha value is -2.66. The summed E-state index contributed by atoms with van der Waals surface area (Å²) in [5.41, 5.74) is 2.61. The lowest BCUT2D eigenvalue weighted by molar-refractivity contribution is -0.122. The van der Waals surface area contributed by atoms with Gasteiger partial charge < -0.3 is 16.0 Å². The van der Waals surface area contributed by atoms with Gasteiger partial charge in [-0.2, -0.15) is 0 Å². The molecule has 0 spiro atoms. The normalized spacial score (nSPS) is 15.9. The molecular formula is C23H29N3O2. The fourth-order valence-electron chi connectivity index (χ4n) is 3.79. The summed E-state index contributed by atoms with van der Waals surface area (Å²) in [7, 11) is 0. The third kappa shape index (κ3) is 4.25. The predicted octanol–water partition coefficient (Wildman–Crippen LogP) is 3.39. The lowest BCUT2D eigenvalue weighted by atomic mass is 9.72. The molecule has 1 aliphatic rings. The zero-order valence-corrected chi connectivity index (χ0v) is 16.8. The first-order valence-electron chi connectivity index (χ1n) is 9.91. The number of amides is 2. The van der Waals surface area contributed by atoms with E-state index < -0.39 is 5.41 Å². The van der Waals surface area contributed by atoms with E-state index in [1.165, 1.54) is 0 Å². The molecule has 2 amide bonds. The Kier molecular flexibility index (Phi) is 6.15. The number of piperidine rings is 1. The molecule has 1 fully saturated rings. The molecule has 0 atom stereocenters. The molecule has 28 heavy (non-hydrogen) atoms. The lowest BCUT2D eigenvalue weighted by Crippen LogP contribution is -2.48. The molecule has 0 aliphatic carbocycles. The van der Waals surface area contributed by atoms with E-state index in [0.29, 0.717) is 11.3 Å².